The molecule has 0 aromatic rings. The van der Waals surface area contributed by atoms with Crippen LogP contribution in [0.15, 0.2) is 0 Å². The fraction of sp³-hybridized carbons (Fsp3) is 1.00. The number of hydrogen-bond donors (Lipinski definition) is 0. The van der Waals surface area contributed by atoms with E-state index in [9.17, 15) is 0 Å². The van der Waals surface area contributed by atoms with Crippen LogP contribution in [-0.2, 0) is 0 Å². The van der Waals surface area contributed by atoms with Gasteiger partial charge in [0.1, 0.15) is 0 Å². The first-order valence-corrected chi connectivity index (χ1v) is 6.42. The average molecular weight is 196 g/mol. The SMILES string of the molecule is CC1CCC(CC(C)(C)C(C)C)CC1. The minimum atomic E-state index is 0.547. The molecule has 0 nitrogen and oxygen atoms in total. The van der Waals surface area contributed by atoms with Gasteiger partial charge in [-0.1, -0.05) is 60.3 Å². The Labute approximate surface area is 90.5 Å². The van der Waals surface area contributed by atoms with Crippen molar-refractivity contribution >= 4 is 0 Å². The van der Waals surface area contributed by atoms with E-state index in [-0.39, 0.29) is 0 Å². The Morgan fingerprint density at radius 1 is 1.07 bits per heavy atom. The summed E-state index contributed by atoms with van der Waals surface area (Å²) >= 11 is 0. The molecule has 1 aliphatic carbocycles. The normalized spacial score (nSPS) is 29.6. The second kappa shape index (κ2) is 4.68. The molecule has 0 unspecified atom stereocenters. The molecule has 1 fully saturated rings. The van der Waals surface area contributed by atoms with Crippen molar-refractivity contribution in [3.05, 3.63) is 0 Å². The Balaban J connectivity index is 2.37. The maximum absolute atomic E-state index is 2.44. The third-order valence-corrected chi connectivity index (χ3v) is 4.51. The molecule has 0 aromatic heterocycles. The molecule has 0 aromatic carbocycles. The molecule has 0 aliphatic heterocycles. The van der Waals surface area contributed by atoms with E-state index in [0.29, 0.717) is 5.41 Å². The van der Waals surface area contributed by atoms with Crippen LogP contribution in [0.5, 0.6) is 0 Å². The lowest BCUT2D eigenvalue weighted by Crippen LogP contribution is -2.25. The lowest BCUT2D eigenvalue weighted by Gasteiger charge is -2.36. The van der Waals surface area contributed by atoms with Gasteiger partial charge in [-0.25, -0.2) is 0 Å². The van der Waals surface area contributed by atoms with Gasteiger partial charge in [-0.15, -0.1) is 0 Å². The Hall–Kier alpha value is 0. The number of rotatable bonds is 3. The molecule has 0 bridgehead atoms. The third-order valence-electron chi connectivity index (χ3n) is 4.51. The quantitative estimate of drug-likeness (QED) is 0.603. The van der Waals surface area contributed by atoms with Gasteiger partial charge >= 0.3 is 0 Å². The minimum absolute atomic E-state index is 0.547. The zero-order chi connectivity index (χ0) is 10.8. The highest BCUT2D eigenvalue weighted by Gasteiger charge is 2.28. The highest BCUT2D eigenvalue weighted by molar-refractivity contribution is 4.79. The van der Waals surface area contributed by atoms with Crippen LogP contribution in [0.3, 0.4) is 0 Å². The molecule has 0 radical (unpaired) electrons. The Kier molecular flexibility index (Phi) is 4.04. The van der Waals surface area contributed by atoms with Crippen molar-refractivity contribution in [2.24, 2.45) is 23.2 Å². The fourth-order valence-corrected chi connectivity index (χ4v) is 2.51. The average Bonchev–Trinajstić information content (AvgIpc) is 2.08. The molecule has 0 atom stereocenters. The molecular weight excluding hydrogens is 168 g/mol. The first-order chi connectivity index (χ1) is 6.42. The topological polar surface area (TPSA) is 0 Å². The van der Waals surface area contributed by atoms with E-state index in [0.717, 1.165) is 17.8 Å². The van der Waals surface area contributed by atoms with E-state index in [2.05, 4.69) is 34.6 Å². The molecule has 84 valence electrons. The van der Waals surface area contributed by atoms with E-state index in [1.165, 1.54) is 32.1 Å². The van der Waals surface area contributed by atoms with Gasteiger partial charge < -0.3 is 0 Å². The van der Waals surface area contributed by atoms with Crippen LogP contribution in [0.2, 0.25) is 0 Å². The zero-order valence-corrected chi connectivity index (χ0v) is 10.8. The van der Waals surface area contributed by atoms with Crippen LogP contribution >= 0.6 is 0 Å². The summed E-state index contributed by atoms with van der Waals surface area (Å²) < 4.78 is 0. The maximum atomic E-state index is 2.44. The molecular formula is C14H28. The Bertz CT molecular complexity index is 159. The van der Waals surface area contributed by atoms with Crippen LogP contribution in [0.1, 0.15) is 66.7 Å². The first kappa shape index (κ1) is 12.1. The van der Waals surface area contributed by atoms with Crippen molar-refractivity contribution in [2.75, 3.05) is 0 Å². The van der Waals surface area contributed by atoms with Crippen LogP contribution in [0.25, 0.3) is 0 Å². The maximum Gasteiger partial charge on any atom is -0.0329 e. The Morgan fingerprint density at radius 3 is 2.00 bits per heavy atom. The van der Waals surface area contributed by atoms with Gasteiger partial charge in [-0.2, -0.15) is 0 Å². The van der Waals surface area contributed by atoms with Crippen LogP contribution in [0.4, 0.5) is 0 Å². The largest absolute Gasteiger partial charge is 0.0625 e. The Morgan fingerprint density at radius 2 is 1.57 bits per heavy atom. The van der Waals surface area contributed by atoms with Gasteiger partial charge in [0.15, 0.2) is 0 Å². The minimum Gasteiger partial charge on any atom is -0.0625 e. The summed E-state index contributed by atoms with van der Waals surface area (Å²) in [5.74, 6) is 2.83. The molecule has 14 heavy (non-hydrogen) atoms. The van der Waals surface area contributed by atoms with E-state index in [1.54, 1.807) is 0 Å². The summed E-state index contributed by atoms with van der Waals surface area (Å²) in [6.07, 6.45) is 7.35. The molecule has 0 heteroatoms. The monoisotopic (exact) mass is 196 g/mol. The van der Waals surface area contributed by atoms with Gasteiger partial charge in [0.25, 0.3) is 0 Å². The summed E-state index contributed by atoms with van der Waals surface area (Å²) in [4.78, 5) is 0. The summed E-state index contributed by atoms with van der Waals surface area (Å²) in [7, 11) is 0. The van der Waals surface area contributed by atoms with E-state index in [4.69, 9.17) is 0 Å². The zero-order valence-electron chi connectivity index (χ0n) is 10.8. The second-order valence-corrected chi connectivity index (χ2v) is 6.47. The summed E-state index contributed by atoms with van der Waals surface area (Å²) in [6, 6.07) is 0. The molecule has 0 amide bonds. The van der Waals surface area contributed by atoms with Crippen molar-refractivity contribution in [3.8, 4) is 0 Å². The van der Waals surface area contributed by atoms with E-state index < -0.39 is 0 Å². The standard InChI is InChI=1S/C14H28/c1-11(2)14(4,5)10-13-8-6-12(3)7-9-13/h11-13H,6-10H2,1-5H3. The van der Waals surface area contributed by atoms with Crippen LogP contribution in [-0.4, -0.2) is 0 Å². The smallest absolute Gasteiger partial charge is 0.0329 e. The molecule has 0 N–H and O–H groups in total. The molecule has 1 rings (SSSR count). The van der Waals surface area contributed by atoms with Crippen molar-refractivity contribution < 1.29 is 0 Å². The molecule has 1 saturated carbocycles. The summed E-state index contributed by atoms with van der Waals surface area (Å²) in [5, 5.41) is 0. The van der Waals surface area contributed by atoms with Crippen molar-refractivity contribution in [1.82, 2.24) is 0 Å². The number of hydrogen-bond acceptors (Lipinski definition) is 0. The second-order valence-electron chi connectivity index (χ2n) is 6.47. The van der Waals surface area contributed by atoms with Crippen LogP contribution < -0.4 is 0 Å². The molecule has 0 spiro atoms. The summed E-state index contributed by atoms with van der Waals surface area (Å²) in [5.41, 5.74) is 0.547. The lowest BCUT2D eigenvalue weighted by molar-refractivity contribution is 0.152. The molecule has 0 saturated heterocycles. The van der Waals surface area contributed by atoms with Crippen LogP contribution in [0, 0.1) is 23.2 Å². The predicted molar refractivity (Wildman–Crippen MR) is 64.4 cm³/mol. The fourth-order valence-electron chi connectivity index (χ4n) is 2.51. The lowest BCUT2D eigenvalue weighted by atomic mass is 9.70. The van der Waals surface area contributed by atoms with Gasteiger partial charge in [-0.3, -0.25) is 0 Å². The van der Waals surface area contributed by atoms with Gasteiger partial charge in [0.2, 0.25) is 0 Å². The third kappa shape index (κ3) is 3.29. The summed E-state index contributed by atoms with van der Waals surface area (Å²) in [6.45, 7) is 12.0. The van der Waals surface area contributed by atoms with E-state index in [1.807, 2.05) is 0 Å². The van der Waals surface area contributed by atoms with Crippen molar-refractivity contribution in [3.63, 3.8) is 0 Å². The predicted octanol–water partition coefficient (Wildman–Crippen LogP) is 4.89. The van der Waals surface area contributed by atoms with Gasteiger partial charge in [-0.05, 0) is 29.6 Å². The molecule has 0 heterocycles. The highest BCUT2D eigenvalue weighted by Crippen LogP contribution is 2.39. The highest BCUT2D eigenvalue weighted by atomic mass is 14.3. The van der Waals surface area contributed by atoms with Gasteiger partial charge in [0, 0.05) is 0 Å². The van der Waals surface area contributed by atoms with Gasteiger partial charge in [0.05, 0.1) is 0 Å². The van der Waals surface area contributed by atoms with Crippen molar-refractivity contribution in [2.45, 2.75) is 66.7 Å². The molecule has 1 aliphatic rings. The van der Waals surface area contributed by atoms with E-state index >= 15 is 0 Å². The first-order valence-electron chi connectivity index (χ1n) is 6.42. The van der Waals surface area contributed by atoms with Crippen molar-refractivity contribution in [1.29, 1.82) is 0 Å².